The zero-order chi connectivity index (χ0) is 0. The summed E-state index contributed by atoms with van der Waals surface area (Å²) in [5.74, 6) is 0. The second-order valence-electron chi connectivity index (χ2n) is 0. The van der Waals surface area contributed by atoms with Crippen LogP contribution in [0, 0.1) is 0 Å². The van der Waals surface area contributed by atoms with Crippen LogP contribution in [0.4, 0.5) is 0 Å². The van der Waals surface area contributed by atoms with Crippen molar-refractivity contribution in [2.75, 3.05) is 0 Å². The van der Waals surface area contributed by atoms with Crippen LogP contribution in [-0.2, 0) is 66.1 Å². The molecule has 20 heteroatoms. The van der Waals surface area contributed by atoms with Crippen molar-refractivity contribution in [3.8, 4) is 0 Å². The van der Waals surface area contributed by atoms with Crippen LogP contribution in [0.1, 0.15) is 0 Å². The molecule has 0 rings (SSSR count). The molecule has 0 aliphatic rings. The molecule has 128 valence electrons. The maximum atomic E-state index is 0. The number of halogens is 16. The SMILES string of the molecule is [Al+3].[Br-].[Br-].[Br-].[Br-].[Br-].[Br-].[Br-].[Br-].[Br-].[Br-].[Br-].[Br-].[Br-].[Br-].[Br-].[Br-].[Hf+4].[Ti+4].[V+5]. The van der Waals surface area contributed by atoms with Gasteiger partial charge in [0.25, 0.3) is 0 Å². The summed E-state index contributed by atoms with van der Waals surface area (Å²) in [7, 11) is 0. The Morgan fingerprint density at radius 1 is 0.250 bits per heavy atom. The Labute approximate surface area is 346 Å². The van der Waals surface area contributed by atoms with Crippen molar-refractivity contribution in [2.24, 2.45) is 0 Å². The van der Waals surface area contributed by atoms with Gasteiger partial charge in [0.1, 0.15) is 0 Å². The molecule has 0 atom stereocenters. The Bertz CT molecular complexity index is 22.4. The average Bonchev–Trinajstić information content (AvgIpc) is 0. The standard InChI is InChI=1S/Al.16BrH.Hf.Ti.V/h;16*1H;;;/q+3;;;;;;;;;;;;;;;;;2*+4;+5/p-16. The van der Waals surface area contributed by atoms with Crippen molar-refractivity contribution in [3.63, 3.8) is 0 Å². The molecule has 0 amide bonds. The van der Waals surface area contributed by atoms with E-state index in [9.17, 15) is 0 Å². The minimum atomic E-state index is 0. The fourth-order valence-corrected chi connectivity index (χ4v) is 0. The van der Waals surface area contributed by atoms with Crippen molar-refractivity contribution < 1.29 is 338 Å². The molecule has 0 saturated carbocycles. The van der Waals surface area contributed by atoms with Gasteiger partial charge in [-0.2, -0.15) is 0 Å². The summed E-state index contributed by atoms with van der Waals surface area (Å²) in [6.07, 6.45) is 0. The molecule has 0 radical (unpaired) electrons. The first-order valence-electron chi connectivity index (χ1n) is 0. The van der Waals surface area contributed by atoms with Gasteiger partial charge < -0.3 is 272 Å². The Morgan fingerprint density at radius 3 is 0.250 bits per heavy atom. The number of hydrogen-bond acceptors (Lipinski definition) is 0. The Hall–Kier alpha value is 10.4. The van der Waals surface area contributed by atoms with Crippen LogP contribution in [0.15, 0.2) is 0 Å². The van der Waals surface area contributed by atoms with Gasteiger partial charge in [0.05, 0.1) is 0 Å². The fraction of sp³-hybridized carbons (Fsp3) is 0. The van der Waals surface area contributed by atoms with Gasteiger partial charge in [0, 0.05) is 0 Å². The van der Waals surface area contributed by atoms with E-state index in [4.69, 9.17) is 0 Å². The monoisotopic (exact) mass is 1570 g/mol. The molecule has 0 saturated heterocycles. The van der Waals surface area contributed by atoms with Gasteiger partial charge in [-0.1, -0.05) is 0 Å². The summed E-state index contributed by atoms with van der Waals surface area (Å²) in [6.45, 7) is 0. The van der Waals surface area contributed by atoms with Gasteiger partial charge in [-0.25, -0.2) is 0 Å². The fourth-order valence-electron chi connectivity index (χ4n) is 0. The molecule has 0 aliphatic heterocycles. The van der Waals surface area contributed by atoms with Crippen molar-refractivity contribution in [1.82, 2.24) is 0 Å². The van der Waals surface area contributed by atoms with Crippen LogP contribution < -0.4 is 272 Å². The van der Waals surface area contributed by atoms with Crippen molar-refractivity contribution >= 4 is 17.4 Å². The maximum absolute atomic E-state index is 0. The van der Waals surface area contributed by atoms with E-state index >= 15 is 0 Å². The number of hydrogen-bond donors (Lipinski definition) is 0. The smallest absolute Gasteiger partial charge is 1.00 e. The molecular formula is AlBr16HfTiV. The van der Waals surface area contributed by atoms with E-state index in [2.05, 4.69) is 0 Å². The van der Waals surface area contributed by atoms with Crippen LogP contribution in [-0.4, -0.2) is 17.4 Å². The molecule has 0 unspecified atom stereocenters. The normalized spacial score (nSPS) is 0. The largest absolute Gasteiger partial charge is 5.00 e. The first-order chi connectivity index (χ1) is 0. The third-order valence-electron chi connectivity index (χ3n) is 0. The summed E-state index contributed by atoms with van der Waals surface area (Å²) < 4.78 is 0. The third kappa shape index (κ3) is 197. The van der Waals surface area contributed by atoms with Gasteiger partial charge in [-0.3, -0.25) is 0 Å². The first kappa shape index (κ1) is 243. The van der Waals surface area contributed by atoms with Crippen LogP contribution in [0.25, 0.3) is 0 Å². The molecule has 0 spiro atoms. The summed E-state index contributed by atoms with van der Waals surface area (Å²) >= 11 is 0. The molecule has 0 aromatic rings. The zero-order valence-corrected chi connectivity index (χ0v) is 41.2. The molecular weight excluding hydrogens is 1580 g/mol. The van der Waals surface area contributed by atoms with Gasteiger partial charge >= 0.3 is 83.5 Å². The predicted molar refractivity (Wildman–Crippen MR) is 5.75 cm³/mol. The van der Waals surface area contributed by atoms with E-state index in [1.165, 1.54) is 0 Å². The topological polar surface area (TPSA) is 0 Å². The summed E-state index contributed by atoms with van der Waals surface area (Å²) in [5.41, 5.74) is 0. The van der Waals surface area contributed by atoms with Gasteiger partial charge in [-0.05, 0) is 0 Å². The second-order valence-corrected chi connectivity index (χ2v) is 0. The molecule has 20 heavy (non-hydrogen) atoms. The Balaban J connectivity index is 0. The average molecular weight is 1580 g/mol. The molecule has 0 heterocycles. The van der Waals surface area contributed by atoms with E-state index < -0.39 is 0 Å². The van der Waals surface area contributed by atoms with Crippen molar-refractivity contribution in [1.29, 1.82) is 0 Å². The van der Waals surface area contributed by atoms with E-state index in [1.54, 1.807) is 0 Å². The Kier molecular flexibility index (Phi) is 2670. The van der Waals surface area contributed by atoms with E-state index in [0.717, 1.165) is 0 Å². The van der Waals surface area contributed by atoms with Crippen LogP contribution in [0.3, 0.4) is 0 Å². The minimum absolute atomic E-state index is 0. The van der Waals surface area contributed by atoms with Crippen LogP contribution in [0.2, 0.25) is 0 Å². The summed E-state index contributed by atoms with van der Waals surface area (Å²) in [6, 6.07) is 0. The molecule has 0 aromatic heterocycles. The molecule has 0 aliphatic carbocycles. The van der Waals surface area contributed by atoms with Gasteiger partial charge in [0.15, 0.2) is 0 Å². The third-order valence-corrected chi connectivity index (χ3v) is 0. The first-order valence-corrected chi connectivity index (χ1v) is 0. The molecule has 0 bridgehead atoms. The van der Waals surface area contributed by atoms with Crippen molar-refractivity contribution in [3.05, 3.63) is 0 Å². The Morgan fingerprint density at radius 2 is 0.250 bits per heavy atom. The van der Waals surface area contributed by atoms with E-state index in [0.29, 0.717) is 0 Å². The molecule has 0 aromatic carbocycles. The molecule has 0 N–H and O–H groups in total. The van der Waals surface area contributed by atoms with Crippen LogP contribution >= 0.6 is 0 Å². The minimum Gasteiger partial charge on any atom is -1.00 e. The summed E-state index contributed by atoms with van der Waals surface area (Å²) in [5, 5.41) is 0. The second kappa shape index (κ2) is 220. The van der Waals surface area contributed by atoms with Crippen LogP contribution in [0.5, 0.6) is 0 Å². The van der Waals surface area contributed by atoms with E-state index in [-0.39, 0.29) is 355 Å². The maximum Gasteiger partial charge on any atom is 5.00 e. The molecule has 0 fully saturated rings. The predicted octanol–water partition coefficient (Wildman–Crippen LogP) is -48.3. The van der Waals surface area contributed by atoms with Gasteiger partial charge in [0.2, 0.25) is 0 Å². The number of rotatable bonds is 0. The van der Waals surface area contributed by atoms with Crippen molar-refractivity contribution in [2.45, 2.75) is 0 Å². The quantitative estimate of drug-likeness (QED) is 0.212. The zero-order valence-electron chi connectivity index (χ0n) is 8.07. The van der Waals surface area contributed by atoms with Gasteiger partial charge in [-0.15, -0.1) is 0 Å². The van der Waals surface area contributed by atoms with E-state index in [1.807, 2.05) is 0 Å². The summed E-state index contributed by atoms with van der Waals surface area (Å²) in [4.78, 5) is 0. The molecule has 0 nitrogen and oxygen atoms in total.